The van der Waals surface area contributed by atoms with Crippen molar-refractivity contribution < 1.29 is 4.39 Å². The summed E-state index contributed by atoms with van der Waals surface area (Å²) in [5.74, 6) is 0.208. The fraction of sp³-hybridized carbons (Fsp3) is 0. The van der Waals surface area contributed by atoms with Crippen molar-refractivity contribution in [2.75, 3.05) is 0 Å². The number of aromatic nitrogens is 2. The van der Waals surface area contributed by atoms with Crippen molar-refractivity contribution in [1.82, 2.24) is 9.97 Å². The number of nitrogens with zero attached hydrogens (tertiary/aromatic N) is 2. The van der Waals surface area contributed by atoms with E-state index in [-0.39, 0.29) is 0 Å². The topological polar surface area (TPSA) is 25.8 Å². The van der Waals surface area contributed by atoms with Crippen molar-refractivity contribution in [2.24, 2.45) is 0 Å². The molecule has 0 saturated heterocycles. The molecule has 2 nitrogen and oxygen atoms in total. The molecule has 0 spiro atoms. The molecule has 0 N–H and O–H groups in total. The van der Waals surface area contributed by atoms with Crippen LogP contribution in [-0.4, -0.2) is 9.97 Å². The van der Waals surface area contributed by atoms with Gasteiger partial charge in [-0.1, -0.05) is 0 Å². The van der Waals surface area contributed by atoms with Crippen LogP contribution in [0.4, 0.5) is 4.39 Å². The average molecular weight is 219 g/mol. The van der Waals surface area contributed by atoms with E-state index in [1.807, 2.05) is 11.4 Å². The van der Waals surface area contributed by atoms with Crippen molar-refractivity contribution in [3.05, 3.63) is 48.2 Å². The number of thiophene rings is 1. The summed E-state index contributed by atoms with van der Waals surface area (Å²) < 4.78 is 12.5. The van der Waals surface area contributed by atoms with E-state index in [1.54, 1.807) is 18.5 Å². The molecule has 0 amide bonds. The van der Waals surface area contributed by atoms with Crippen LogP contribution in [-0.2, 0) is 0 Å². The van der Waals surface area contributed by atoms with Crippen molar-refractivity contribution >= 4 is 17.4 Å². The number of halogens is 1. The smallest absolute Gasteiger partial charge is 0.169 e. The minimum absolute atomic E-state index is 0.451. The summed E-state index contributed by atoms with van der Waals surface area (Å²) in [6.07, 6.45) is 4.74. The fourth-order valence-electron chi connectivity index (χ4n) is 1.15. The second kappa shape index (κ2) is 4.31. The molecule has 0 fully saturated rings. The van der Waals surface area contributed by atoms with E-state index in [9.17, 15) is 4.39 Å². The van der Waals surface area contributed by atoms with Crippen LogP contribution >= 0.6 is 11.3 Å². The summed E-state index contributed by atoms with van der Waals surface area (Å²) in [6.45, 7) is 3.18. The lowest BCUT2D eigenvalue weighted by molar-refractivity contribution is 0.673. The first-order valence-corrected chi connectivity index (χ1v) is 5.19. The van der Waals surface area contributed by atoms with Crippen LogP contribution < -0.4 is 0 Å². The highest BCUT2D eigenvalue weighted by Crippen LogP contribution is 2.25. The Morgan fingerprint density at radius 2 is 2.13 bits per heavy atom. The van der Waals surface area contributed by atoms with Crippen molar-refractivity contribution in [3.63, 3.8) is 0 Å². The summed E-state index contributed by atoms with van der Waals surface area (Å²) in [5.41, 5.74) is 0.787. The maximum Gasteiger partial charge on any atom is 0.169 e. The predicted molar refractivity (Wildman–Crippen MR) is 59.8 cm³/mol. The summed E-state index contributed by atoms with van der Waals surface area (Å²) in [5, 5.41) is 1.84. The number of allylic oxidation sites excluding steroid dienone is 1. The van der Waals surface area contributed by atoms with Gasteiger partial charge in [0.2, 0.25) is 0 Å². The second-order valence-electron chi connectivity index (χ2n) is 2.91. The van der Waals surface area contributed by atoms with Gasteiger partial charge in [0.25, 0.3) is 0 Å². The standard InChI is InChI=1S/C11H8FN2S/c1-8(12)5-9-6-10(15-7-9)11-13-3-2-4-14-11/h2-7H,1H2/b8-5+. The Balaban J connectivity index is 2.32. The number of rotatable bonds is 2. The molecule has 2 aromatic rings. The van der Waals surface area contributed by atoms with Crippen LogP contribution in [0.25, 0.3) is 16.8 Å². The molecule has 0 aromatic carbocycles. The predicted octanol–water partition coefficient (Wildman–Crippen LogP) is 3.35. The zero-order valence-corrected chi connectivity index (χ0v) is 8.67. The fourth-order valence-corrected chi connectivity index (χ4v) is 1.97. The van der Waals surface area contributed by atoms with Crippen LogP contribution in [0.1, 0.15) is 5.56 Å². The van der Waals surface area contributed by atoms with E-state index in [0.29, 0.717) is 5.82 Å². The van der Waals surface area contributed by atoms with Gasteiger partial charge in [-0.15, -0.1) is 11.3 Å². The van der Waals surface area contributed by atoms with Crippen molar-refractivity contribution in [3.8, 4) is 10.7 Å². The van der Waals surface area contributed by atoms with Crippen LogP contribution in [0.5, 0.6) is 0 Å². The van der Waals surface area contributed by atoms with Gasteiger partial charge >= 0.3 is 0 Å². The molecule has 0 aliphatic heterocycles. The Morgan fingerprint density at radius 3 is 2.80 bits per heavy atom. The van der Waals surface area contributed by atoms with Gasteiger partial charge in [0.15, 0.2) is 5.82 Å². The van der Waals surface area contributed by atoms with Crippen LogP contribution in [0, 0.1) is 6.92 Å². The molecule has 4 heteroatoms. The zero-order valence-electron chi connectivity index (χ0n) is 7.85. The van der Waals surface area contributed by atoms with Gasteiger partial charge in [-0.25, -0.2) is 14.4 Å². The Morgan fingerprint density at radius 1 is 1.40 bits per heavy atom. The lowest BCUT2D eigenvalue weighted by atomic mass is 10.3. The monoisotopic (exact) mass is 219 g/mol. The van der Waals surface area contributed by atoms with E-state index in [0.717, 1.165) is 10.4 Å². The van der Waals surface area contributed by atoms with Gasteiger partial charge in [0.1, 0.15) is 5.83 Å². The third-order valence-electron chi connectivity index (χ3n) is 1.73. The Hall–Kier alpha value is -1.55. The Kier molecular flexibility index (Phi) is 2.87. The Bertz CT molecular complexity index is 472. The van der Waals surface area contributed by atoms with Crippen LogP contribution in [0.15, 0.2) is 35.7 Å². The first-order chi connectivity index (χ1) is 7.25. The van der Waals surface area contributed by atoms with Gasteiger partial charge < -0.3 is 0 Å². The van der Waals surface area contributed by atoms with Gasteiger partial charge in [0.05, 0.1) is 4.88 Å². The maximum atomic E-state index is 12.5. The summed E-state index contributed by atoms with van der Waals surface area (Å²) in [7, 11) is 0. The van der Waals surface area contributed by atoms with E-state index in [1.165, 1.54) is 17.4 Å². The molecule has 2 rings (SSSR count). The third kappa shape index (κ3) is 2.47. The highest BCUT2D eigenvalue weighted by atomic mass is 32.1. The highest BCUT2D eigenvalue weighted by Gasteiger charge is 2.03. The first kappa shape index (κ1) is 9.98. The molecule has 0 aliphatic carbocycles. The SMILES string of the molecule is [CH2]/C(F)=C\c1csc(-c2ncccn2)c1. The molecule has 0 saturated carbocycles. The molecule has 0 unspecified atom stereocenters. The van der Waals surface area contributed by atoms with Crippen molar-refractivity contribution in [1.29, 1.82) is 0 Å². The molecule has 75 valence electrons. The lowest BCUT2D eigenvalue weighted by Crippen LogP contribution is -1.82. The summed E-state index contributed by atoms with van der Waals surface area (Å²) in [4.78, 5) is 9.14. The van der Waals surface area contributed by atoms with Gasteiger partial charge in [0, 0.05) is 19.3 Å². The first-order valence-electron chi connectivity index (χ1n) is 4.31. The normalized spacial score (nSPS) is 11.7. The lowest BCUT2D eigenvalue weighted by Gasteiger charge is -1.91. The summed E-state index contributed by atoms with van der Waals surface area (Å²) in [6, 6.07) is 3.60. The Labute approximate surface area is 91.1 Å². The molecule has 15 heavy (non-hydrogen) atoms. The van der Waals surface area contributed by atoms with E-state index >= 15 is 0 Å². The highest BCUT2D eigenvalue weighted by molar-refractivity contribution is 7.13. The maximum absolute atomic E-state index is 12.5. The molecule has 0 bridgehead atoms. The van der Waals surface area contributed by atoms with Crippen LogP contribution in [0.2, 0.25) is 0 Å². The molecule has 0 atom stereocenters. The molecular weight excluding hydrogens is 211 g/mol. The quantitative estimate of drug-likeness (QED) is 0.774. The molecule has 1 radical (unpaired) electrons. The minimum atomic E-state index is -0.451. The molecule has 2 aromatic heterocycles. The van der Waals surface area contributed by atoms with Gasteiger partial charge in [-0.2, -0.15) is 0 Å². The summed E-state index contributed by atoms with van der Waals surface area (Å²) >= 11 is 1.48. The number of hydrogen-bond donors (Lipinski definition) is 0. The van der Waals surface area contributed by atoms with Gasteiger partial charge in [-0.05, 0) is 29.2 Å². The van der Waals surface area contributed by atoms with E-state index in [2.05, 4.69) is 16.9 Å². The van der Waals surface area contributed by atoms with Gasteiger partial charge in [-0.3, -0.25) is 0 Å². The average Bonchev–Trinajstić information content (AvgIpc) is 2.67. The van der Waals surface area contributed by atoms with Crippen LogP contribution in [0.3, 0.4) is 0 Å². The van der Waals surface area contributed by atoms with E-state index in [4.69, 9.17) is 0 Å². The van der Waals surface area contributed by atoms with E-state index < -0.39 is 5.83 Å². The molecule has 0 aliphatic rings. The van der Waals surface area contributed by atoms with Crippen molar-refractivity contribution in [2.45, 2.75) is 0 Å². The number of hydrogen-bond acceptors (Lipinski definition) is 3. The largest absolute Gasteiger partial charge is 0.236 e. The molecule has 2 heterocycles. The zero-order chi connectivity index (χ0) is 10.7. The molecular formula is C11H8FN2S. The third-order valence-corrected chi connectivity index (χ3v) is 2.67. The second-order valence-corrected chi connectivity index (χ2v) is 3.82. The minimum Gasteiger partial charge on any atom is -0.236 e.